The maximum Gasteiger partial charge on any atom is 0.262 e. The number of hydrogen-bond donors (Lipinski definition) is 0. The van der Waals surface area contributed by atoms with Crippen LogP contribution in [0, 0.1) is 0 Å². The number of aromatic nitrogens is 4. The predicted octanol–water partition coefficient (Wildman–Crippen LogP) is 2.62. The summed E-state index contributed by atoms with van der Waals surface area (Å²) in [4.78, 5) is 21.6. The number of fused-ring (bicyclic) bond motifs is 1. The minimum Gasteiger partial charge on any atom is -0.337 e. The van der Waals surface area contributed by atoms with Gasteiger partial charge in [0.05, 0.1) is 11.7 Å². The van der Waals surface area contributed by atoms with E-state index < -0.39 is 0 Å². The molecule has 0 aliphatic carbocycles. The molecule has 0 aliphatic heterocycles. The number of hydrogen-bond acceptors (Lipinski definition) is 7. The molecule has 4 rings (SSSR count). The molecule has 0 amide bonds. The van der Waals surface area contributed by atoms with E-state index >= 15 is 0 Å². The summed E-state index contributed by atoms with van der Waals surface area (Å²) in [6.45, 7) is 0.217. The zero-order chi connectivity index (χ0) is 14.2. The first-order chi connectivity index (χ1) is 10.3. The Morgan fingerprint density at radius 1 is 1.29 bits per heavy atom. The predicted molar refractivity (Wildman–Crippen MR) is 80.6 cm³/mol. The van der Waals surface area contributed by atoms with Crippen LogP contribution < -0.4 is 5.56 Å². The molecule has 0 bridgehead atoms. The molecule has 0 atom stereocenters. The van der Waals surface area contributed by atoms with Crippen molar-refractivity contribution in [1.82, 2.24) is 19.7 Å². The zero-order valence-electron chi connectivity index (χ0n) is 10.6. The van der Waals surface area contributed by atoms with E-state index in [0.29, 0.717) is 17.1 Å². The highest BCUT2D eigenvalue weighted by atomic mass is 32.1. The lowest BCUT2D eigenvalue weighted by atomic mass is 10.3. The normalized spacial score (nSPS) is 11.2. The van der Waals surface area contributed by atoms with Crippen molar-refractivity contribution in [3.63, 3.8) is 0 Å². The van der Waals surface area contributed by atoms with Crippen molar-refractivity contribution in [3.8, 4) is 11.4 Å². The lowest BCUT2D eigenvalue weighted by Crippen LogP contribution is -2.20. The van der Waals surface area contributed by atoms with Crippen LogP contribution in [0.4, 0.5) is 0 Å². The molecule has 0 saturated heterocycles. The Kier molecular flexibility index (Phi) is 2.90. The maximum absolute atomic E-state index is 12.3. The number of rotatable bonds is 3. The molecule has 6 nitrogen and oxygen atoms in total. The molecule has 0 saturated carbocycles. The van der Waals surface area contributed by atoms with Gasteiger partial charge in [-0.1, -0.05) is 5.16 Å². The zero-order valence-corrected chi connectivity index (χ0v) is 12.2. The molecule has 8 heteroatoms. The quantitative estimate of drug-likeness (QED) is 0.581. The summed E-state index contributed by atoms with van der Waals surface area (Å²) in [7, 11) is 0. The van der Waals surface area contributed by atoms with Crippen LogP contribution in [0.1, 0.15) is 5.89 Å². The molecule has 4 aromatic heterocycles. The van der Waals surface area contributed by atoms with Crippen LogP contribution in [0.2, 0.25) is 0 Å². The molecule has 0 radical (unpaired) electrons. The van der Waals surface area contributed by atoms with Gasteiger partial charge in [-0.05, 0) is 22.9 Å². The average molecular weight is 316 g/mol. The summed E-state index contributed by atoms with van der Waals surface area (Å²) in [5.74, 6) is 0.915. The van der Waals surface area contributed by atoms with Crippen LogP contribution >= 0.6 is 22.7 Å². The first-order valence-corrected chi connectivity index (χ1v) is 7.91. The van der Waals surface area contributed by atoms with Crippen LogP contribution in [0.25, 0.3) is 21.6 Å². The average Bonchev–Trinajstić information content (AvgIpc) is 3.21. The van der Waals surface area contributed by atoms with E-state index in [9.17, 15) is 4.79 Å². The standard InChI is InChI=1S/C13H8N4O2S2/c18-13-9-2-4-21-12(9)14-7-17(13)5-10-15-11(16-19-10)8-1-3-20-6-8/h1-4,6-7H,5H2. The van der Waals surface area contributed by atoms with Crippen molar-refractivity contribution in [2.75, 3.05) is 0 Å². The molecule has 0 spiro atoms. The van der Waals surface area contributed by atoms with E-state index in [2.05, 4.69) is 15.1 Å². The second-order valence-electron chi connectivity index (χ2n) is 4.34. The summed E-state index contributed by atoms with van der Waals surface area (Å²) in [6, 6.07) is 3.70. The Hall–Kier alpha value is -2.32. The third-order valence-electron chi connectivity index (χ3n) is 3.00. The van der Waals surface area contributed by atoms with Crippen molar-refractivity contribution in [2.24, 2.45) is 0 Å². The second kappa shape index (κ2) is 4.90. The van der Waals surface area contributed by atoms with Crippen molar-refractivity contribution in [1.29, 1.82) is 0 Å². The molecule has 0 fully saturated rings. The van der Waals surface area contributed by atoms with Gasteiger partial charge in [0, 0.05) is 10.9 Å². The molecular formula is C13H8N4O2S2. The Morgan fingerprint density at radius 3 is 3.10 bits per heavy atom. The van der Waals surface area contributed by atoms with Crippen molar-refractivity contribution in [2.45, 2.75) is 6.54 Å². The van der Waals surface area contributed by atoms with E-state index in [1.807, 2.05) is 22.2 Å². The number of thiophene rings is 2. The van der Waals surface area contributed by atoms with Crippen LogP contribution in [0.3, 0.4) is 0 Å². The molecule has 0 unspecified atom stereocenters. The van der Waals surface area contributed by atoms with Crippen LogP contribution in [-0.4, -0.2) is 19.7 Å². The van der Waals surface area contributed by atoms with Crippen LogP contribution in [0.5, 0.6) is 0 Å². The van der Waals surface area contributed by atoms with Crippen molar-refractivity contribution in [3.05, 3.63) is 50.8 Å². The fourth-order valence-corrected chi connectivity index (χ4v) is 3.34. The van der Waals surface area contributed by atoms with E-state index in [4.69, 9.17) is 4.52 Å². The van der Waals surface area contributed by atoms with Crippen molar-refractivity contribution >= 4 is 32.9 Å². The fraction of sp³-hybridized carbons (Fsp3) is 0.0769. The Labute approximate surface area is 126 Å². The largest absolute Gasteiger partial charge is 0.337 e. The molecule has 104 valence electrons. The summed E-state index contributed by atoms with van der Waals surface area (Å²) >= 11 is 3.01. The molecule has 0 aromatic carbocycles. The third kappa shape index (κ3) is 2.18. The van der Waals surface area contributed by atoms with Gasteiger partial charge in [0.1, 0.15) is 11.4 Å². The van der Waals surface area contributed by atoms with E-state index in [1.165, 1.54) is 22.2 Å². The highest BCUT2D eigenvalue weighted by Crippen LogP contribution is 2.19. The maximum atomic E-state index is 12.3. The van der Waals surface area contributed by atoms with Gasteiger partial charge in [-0.25, -0.2) is 4.98 Å². The van der Waals surface area contributed by atoms with Gasteiger partial charge in [-0.3, -0.25) is 9.36 Å². The molecule has 0 N–H and O–H groups in total. The van der Waals surface area contributed by atoms with Gasteiger partial charge in [-0.2, -0.15) is 16.3 Å². The Bertz CT molecular complexity index is 952. The van der Waals surface area contributed by atoms with Gasteiger partial charge >= 0.3 is 0 Å². The molecule has 21 heavy (non-hydrogen) atoms. The van der Waals surface area contributed by atoms with E-state index in [0.717, 1.165) is 10.4 Å². The van der Waals surface area contributed by atoms with Crippen LogP contribution in [-0.2, 0) is 6.54 Å². The monoisotopic (exact) mass is 316 g/mol. The molecule has 0 aliphatic rings. The van der Waals surface area contributed by atoms with E-state index in [-0.39, 0.29) is 12.1 Å². The molecule has 4 aromatic rings. The minimum absolute atomic E-state index is 0.100. The second-order valence-corrected chi connectivity index (χ2v) is 6.02. The SMILES string of the molecule is O=c1c2ccsc2ncn1Cc1nc(-c2ccsc2)no1. The Balaban J connectivity index is 1.68. The van der Waals surface area contributed by atoms with Gasteiger partial charge in [0.15, 0.2) is 0 Å². The number of nitrogens with zero attached hydrogens (tertiary/aromatic N) is 4. The fourth-order valence-electron chi connectivity index (χ4n) is 1.98. The first-order valence-electron chi connectivity index (χ1n) is 6.09. The highest BCUT2D eigenvalue weighted by Gasteiger charge is 2.11. The van der Waals surface area contributed by atoms with Gasteiger partial charge in [0.25, 0.3) is 5.56 Å². The molecule has 4 heterocycles. The molecular weight excluding hydrogens is 308 g/mol. The Morgan fingerprint density at radius 2 is 2.24 bits per heavy atom. The first kappa shape index (κ1) is 12.4. The van der Waals surface area contributed by atoms with Gasteiger partial charge in [0.2, 0.25) is 11.7 Å². The third-order valence-corrected chi connectivity index (χ3v) is 4.51. The van der Waals surface area contributed by atoms with E-state index in [1.54, 1.807) is 17.4 Å². The highest BCUT2D eigenvalue weighted by molar-refractivity contribution is 7.16. The van der Waals surface area contributed by atoms with Gasteiger partial charge < -0.3 is 4.52 Å². The summed E-state index contributed by atoms with van der Waals surface area (Å²) in [5, 5.41) is 10.3. The summed E-state index contributed by atoms with van der Waals surface area (Å²) in [6.07, 6.45) is 1.51. The lowest BCUT2D eigenvalue weighted by Gasteiger charge is -2.00. The topological polar surface area (TPSA) is 73.8 Å². The lowest BCUT2D eigenvalue weighted by molar-refractivity contribution is 0.369. The van der Waals surface area contributed by atoms with Gasteiger partial charge in [-0.15, -0.1) is 11.3 Å². The summed E-state index contributed by atoms with van der Waals surface area (Å²) < 4.78 is 6.67. The van der Waals surface area contributed by atoms with Crippen LogP contribution in [0.15, 0.2) is 43.9 Å². The summed E-state index contributed by atoms with van der Waals surface area (Å²) in [5.41, 5.74) is 0.810. The minimum atomic E-state index is -0.100. The smallest absolute Gasteiger partial charge is 0.262 e. The van der Waals surface area contributed by atoms with Crippen molar-refractivity contribution < 1.29 is 4.52 Å².